The van der Waals surface area contributed by atoms with E-state index in [1.165, 1.54) is 6.26 Å². The van der Waals surface area contributed by atoms with E-state index in [1.54, 1.807) is 26.0 Å². The Balaban J connectivity index is 1.78. The third-order valence-electron chi connectivity index (χ3n) is 4.55. The number of thioether (sulfide) groups is 1. The third-order valence-corrected chi connectivity index (χ3v) is 5.54. The number of nitriles is 1. The lowest BCUT2D eigenvalue weighted by atomic mass is 9.86. The zero-order chi connectivity index (χ0) is 22.2. The van der Waals surface area contributed by atoms with E-state index in [0.717, 1.165) is 17.3 Å². The molecule has 1 aliphatic rings. The molecule has 1 aliphatic heterocycles. The summed E-state index contributed by atoms with van der Waals surface area (Å²) in [4.78, 5) is 24.8. The smallest absolute Gasteiger partial charge is 0.336 e. The summed E-state index contributed by atoms with van der Waals surface area (Å²) >= 11 is 1.15. The Morgan fingerprint density at radius 3 is 2.61 bits per heavy atom. The molecule has 7 nitrogen and oxygen atoms in total. The van der Waals surface area contributed by atoms with Crippen molar-refractivity contribution in [3.05, 3.63) is 81.9 Å². The van der Waals surface area contributed by atoms with Gasteiger partial charge in [0.15, 0.2) is 0 Å². The summed E-state index contributed by atoms with van der Waals surface area (Å²) in [6.45, 7) is 3.83. The monoisotopic (exact) mass is 438 g/mol. The van der Waals surface area contributed by atoms with Crippen molar-refractivity contribution in [2.75, 3.05) is 12.4 Å². The topological polar surface area (TPSA) is 102 Å². The average molecular weight is 439 g/mol. The molecule has 2 heterocycles. The summed E-state index contributed by atoms with van der Waals surface area (Å²) in [6, 6.07) is 14.9. The van der Waals surface area contributed by atoms with Gasteiger partial charge in [-0.25, -0.2) is 4.79 Å². The molecule has 0 fully saturated rings. The fourth-order valence-corrected chi connectivity index (χ4v) is 4.05. The van der Waals surface area contributed by atoms with Crippen molar-refractivity contribution in [2.45, 2.75) is 26.4 Å². The van der Waals surface area contributed by atoms with Gasteiger partial charge in [-0.05, 0) is 31.5 Å². The van der Waals surface area contributed by atoms with E-state index < -0.39 is 17.9 Å². The van der Waals surface area contributed by atoms with Gasteiger partial charge >= 0.3 is 11.9 Å². The summed E-state index contributed by atoms with van der Waals surface area (Å²) in [5.41, 5.74) is 2.03. The Labute approximate surface area is 184 Å². The highest BCUT2D eigenvalue weighted by atomic mass is 32.2. The Bertz CT molecular complexity index is 1040. The Morgan fingerprint density at radius 1 is 1.19 bits per heavy atom. The van der Waals surface area contributed by atoms with Gasteiger partial charge < -0.3 is 19.2 Å². The molecule has 160 valence electrons. The number of hydrogen-bond acceptors (Lipinski definition) is 8. The van der Waals surface area contributed by atoms with E-state index in [2.05, 4.69) is 11.4 Å². The van der Waals surface area contributed by atoms with Crippen molar-refractivity contribution in [3.8, 4) is 6.07 Å². The SMILES string of the molecule is CCOC(=O)C1=C(C)NC(SCC(=O)OCc2ccccc2)=C(C#N)[C@@H]1c1ccco1. The Morgan fingerprint density at radius 2 is 1.97 bits per heavy atom. The van der Waals surface area contributed by atoms with Crippen LogP contribution in [-0.2, 0) is 25.7 Å². The number of allylic oxidation sites excluding steroid dienone is 2. The average Bonchev–Trinajstić information content (AvgIpc) is 3.31. The molecule has 0 unspecified atom stereocenters. The highest BCUT2D eigenvalue weighted by Crippen LogP contribution is 2.41. The molecule has 0 saturated carbocycles. The first-order chi connectivity index (χ1) is 15.0. The number of benzene rings is 1. The van der Waals surface area contributed by atoms with Crippen molar-refractivity contribution in [1.29, 1.82) is 5.26 Å². The van der Waals surface area contributed by atoms with Crippen LogP contribution in [0.1, 0.15) is 31.1 Å². The van der Waals surface area contributed by atoms with E-state index in [0.29, 0.717) is 22.1 Å². The second-order valence-electron chi connectivity index (χ2n) is 6.62. The normalized spacial score (nSPS) is 15.8. The van der Waals surface area contributed by atoms with E-state index in [-0.39, 0.29) is 24.5 Å². The molecule has 0 saturated heterocycles. The number of furan rings is 1. The summed E-state index contributed by atoms with van der Waals surface area (Å²) in [7, 11) is 0. The highest BCUT2D eigenvalue weighted by Gasteiger charge is 2.37. The summed E-state index contributed by atoms with van der Waals surface area (Å²) in [5, 5.41) is 13.4. The van der Waals surface area contributed by atoms with Crippen molar-refractivity contribution >= 4 is 23.7 Å². The van der Waals surface area contributed by atoms with E-state index in [1.807, 2.05) is 30.3 Å². The fourth-order valence-electron chi connectivity index (χ4n) is 3.16. The number of hydrogen-bond donors (Lipinski definition) is 1. The predicted molar refractivity (Wildman–Crippen MR) is 115 cm³/mol. The zero-order valence-electron chi connectivity index (χ0n) is 17.2. The number of carbonyl (C=O) groups excluding carboxylic acids is 2. The maximum absolute atomic E-state index is 12.6. The van der Waals surface area contributed by atoms with Gasteiger partial charge in [-0.2, -0.15) is 5.26 Å². The highest BCUT2D eigenvalue weighted by molar-refractivity contribution is 8.03. The van der Waals surface area contributed by atoms with E-state index in [9.17, 15) is 14.9 Å². The summed E-state index contributed by atoms with van der Waals surface area (Å²) in [6.07, 6.45) is 1.48. The van der Waals surface area contributed by atoms with Crippen LogP contribution < -0.4 is 5.32 Å². The van der Waals surface area contributed by atoms with Gasteiger partial charge in [0.2, 0.25) is 0 Å². The van der Waals surface area contributed by atoms with Crippen LogP contribution in [-0.4, -0.2) is 24.3 Å². The second kappa shape index (κ2) is 10.5. The lowest BCUT2D eigenvalue weighted by Gasteiger charge is -2.27. The number of ether oxygens (including phenoxy) is 2. The molecule has 0 bridgehead atoms. The molecule has 3 rings (SSSR count). The van der Waals surface area contributed by atoms with Gasteiger partial charge in [-0.3, -0.25) is 4.79 Å². The molecule has 1 atom stereocenters. The van der Waals surface area contributed by atoms with Crippen LogP contribution in [0.5, 0.6) is 0 Å². The second-order valence-corrected chi connectivity index (χ2v) is 7.61. The first kappa shape index (κ1) is 22.2. The third kappa shape index (κ3) is 5.38. The van der Waals surface area contributed by atoms with Crippen molar-refractivity contribution < 1.29 is 23.5 Å². The number of rotatable bonds is 8. The number of nitrogens with one attached hydrogen (secondary N) is 1. The first-order valence-electron chi connectivity index (χ1n) is 9.70. The fraction of sp³-hybridized carbons (Fsp3) is 0.261. The van der Waals surface area contributed by atoms with Gasteiger partial charge in [0.25, 0.3) is 0 Å². The van der Waals surface area contributed by atoms with Crippen molar-refractivity contribution in [2.24, 2.45) is 0 Å². The van der Waals surface area contributed by atoms with E-state index >= 15 is 0 Å². The minimum atomic E-state index is -0.719. The maximum atomic E-state index is 12.6. The molecule has 2 aromatic rings. The molecule has 31 heavy (non-hydrogen) atoms. The number of esters is 2. The van der Waals surface area contributed by atoms with Crippen LogP contribution in [0.25, 0.3) is 0 Å². The quantitative estimate of drug-likeness (QED) is 0.617. The number of dihydropyridines is 1. The minimum absolute atomic E-state index is 0.00718. The lowest BCUT2D eigenvalue weighted by molar-refractivity contribution is -0.141. The van der Waals surface area contributed by atoms with Gasteiger partial charge in [0.1, 0.15) is 12.4 Å². The summed E-state index contributed by atoms with van der Waals surface area (Å²) in [5.74, 6) is -1.19. The molecule has 0 aliphatic carbocycles. The predicted octanol–water partition coefficient (Wildman–Crippen LogP) is 4.02. The van der Waals surface area contributed by atoms with Crippen LogP contribution in [0.4, 0.5) is 0 Å². The van der Waals surface area contributed by atoms with Gasteiger partial charge in [0.05, 0.1) is 46.8 Å². The summed E-state index contributed by atoms with van der Waals surface area (Å²) < 4.78 is 16.0. The molecule has 1 N–H and O–H groups in total. The molecule has 0 radical (unpaired) electrons. The molecular weight excluding hydrogens is 416 g/mol. The molecule has 0 spiro atoms. The molecule has 0 amide bonds. The standard InChI is InChI=1S/C23H22N2O5S/c1-3-28-23(27)20-15(2)25-22(17(12-24)21(20)18-10-7-11-29-18)31-14-19(26)30-13-16-8-5-4-6-9-16/h4-11,21,25H,3,13-14H2,1-2H3/t21-/m1/s1. The molecular formula is C23H22N2O5S. The Hall–Kier alpha value is -3.44. The van der Waals surface area contributed by atoms with Gasteiger partial charge in [-0.1, -0.05) is 42.1 Å². The minimum Gasteiger partial charge on any atom is -0.468 e. The van der Waals surface area contributed by atoms with Crippen LogP contribution in [0.3, 0.4) is 0 Å². The maximum Gasteiger partial charge on any atom is 0.336 e. The molecule has 1 aromatic heterocycles. The van der Waals surface area contributed by atoms with Gasteiger partial charge in [-0.15, -0.1) is 0 Å². The lowest BCUT2D eigenvalue weighted by Crippen LogP contribution is -2.29. The van der Waals surface area contributed by atoms with Crippen LogP contribution >= 0.6 is 11.8 Å². The van der Waals surface area contributed by atoms with Crippen molar-refractivity contribution in [3.63, 3.8) is 0 Å². The first-order valence-corrected chi connectivity index (χ1v) is 10.7. The van der Waals surface area contributed by atoms with Gasteiger partial charge in [0, 0.05) is 5.70 Å². The number of carbonyl (C=O) groups is 2. The van der Waals surface area contributed by atoms with Crippen molar-refractivity contribution in [1.82, 2.24) is 5.32 Å². The number of nitrogens with zero attached hydrogens (tertiary/aromatic N) is 1. The molecule has 1 aromatic carbocycles. The van der Waals surface area contributed by atoms with Crippen LogP contribution in [0, 0.1) is 11.3 Å². The van der Waals surface area contributed by atoms with E-state index in [4.69, 9.17) is 13.9 Å². The van der Waals surface area contributed by atoms with Crippen LogP contribution in [0.2, 0.25) is 0 Å². The van der Waals surface area contributed by atoms with Crippen LogP contribution in [0.15, 0.2) is 75.0 Å². The molecule has 8 heteroatoms. The largest absolute Gasteiger partial charge is 0.468 e. The zero-order valence-corrected chi connectivity index (χ0v) is 18.0. The Kier molecular flexibility index (Phi) is 7.57.